The third kappa shape index (κ3) is 2.88. The molecule has 2 rings (SSSR count). The van der Waals surface area contributed by atoms with Gasteiger partial charge < -0.3 is 15.5 Å². The number of hydrogen-bond acceptors (Lipinski definition) is 4. The van der Waals surface area contributed by atoms with Crippen LogP contribution in [-0.2, 0) is 0 Å². The Morgan fingerprint density at radius 3 is 2.75 bits per heavy atom. The van der Waals surface area contributed by atoms with Crippen molar-refractivity contribution in [3.05, 3.63) is 35.5 Å². The molecule has 1 unspecified atom stereocenters. The van der Waals surface area contributed by atoms with Gasteiger partial charge in [0.15, 0.2) is 0 Å². The number of fused-ring (bicyclic) bond motifs is 1. The Morgan fingerprint density at radius 2 is 2.15 bits per heavy atom. The maximum Gasteiger partial charge on any atom is 0.335 e. The lowest BCUT2D eigenvalue weighted by Crippen LogP contribution is -2.22. The zero-order chi connectivity index (χ0) is 14.7. The predicted octanol–water partition coefficient (Wildman–Crippen LogP) is 2.42. The van der Waals surface area contributed by atoms with E-state index in [4.69, 9.17) is 5.11 Å². The maximum absolute atomic E-state index is 11.1. The van der Waals surface area contributed by atoms with Gasteiger partial charge in [0.25, 0.3) is 0 Å². The minimum Gasteiger partial charge on any atom is -0.478 e. The molecule has 0 bridgehead atoms. The molecular weight excluding hydrogens is 256 g/mol. The lowest BCUT2D eigenvalue weighted by molar-refractivity contribution is 0.0697. The predicted molar refractivity (Wildman–Crippen MR) is 78.2 cm³/mol. The van der Waals surface area contributed by atoms with E-state index in [9.17, 15) is 9.90 Å². The van der Waals surface area contributed by atoms with E-state index in [0.29, 0.717) is 0 Å². The fourth-order valence-electron chi connectivity index (χ4n) is 2.11. The number of pyridine rings is 1. The summed E-state index contributed by atoms with van der Waals surface area (Å²) in [4.78, 5) is 15.5. The molecule has 3 N–H and O–H groups in total. The number of carboxylic acids is 1. The van der Waals surface area contributed by atoms with Gasteiger partial charge in [-0.2, -0.15) is 0 Å². The van der Waals surface area contributed by atoms with Crippen LogP contribution in [0.25, 0.3) is 10.9 Å². The molecule has 0 fully saturated rings. The highest BCUT2D eigenvalue weighted by molar-refractivity contribution is 5.98. The number of anilines is 1. The zero-order valence-electron chi connectivity index (χ0n) is 11.6. The van der Waals surface area contributed by atoms with E-state index in [1.54, 1.807) is 18.2 Å². The number of aliphatic hydroxyl groups excluding tert-OH is 1. The monoisotopic (exact) mass is 274 g/mol. The largest absolute Gasteiger partial charge is 0.478 e. The van der Waals surface area contributed by atoms with Gasteiger partial charge in [-0.05, 0) is 37.6 Å². The molecule has 5 nitrogen and oxygen atoms in total. The summed E-state index contributed by atoms with van der Waals surface area (Å²) in [5.41, 5.74) is 2.61. The van der Waals surface area contributed by atoms with E-state index in [1.807, 2.05) is 19.9 Å². The van der Waals surface area contributed by atoms with E-state index in [1.165, 1.54) is 0 Å². The van der Waals surface area contributed by atoms with Gasteiger partial charge in [-0.3, -0.25) is 4.98 Å². The van der Waals surface area contributed by atoms with Crippen LogP contribution in [0.4, 0.5) is 5.69 Å². The summed E-state index contributed by atoms with van der Waals surface area (Å²) in [6, 6.07) is 6.66. The number of hydrogen-bond donors (Lipinski definition) is 3. The van der Waals surface area contributed by atoms with Crippen LogP contribution in [0, 0.1) is 6.92 Å². The first-order chi connectivity index (χ1) is 9.55. The average Bonchev–Trinajstić information content (AvgIpc) is 2.43. The van der Waals surface area contributed by atoms with Crippen molar-refractivity contribution >= 4 is 22.6 Å². The van der Waals surface area contributed by atoms with Crippen molar-refractivity contribution in [1.82, 2.24) is 4.98 Å². The number of rotatable bonds is 5. The standard InChI is InChI=1S/C15H18N2O3/c1-3-11(8-18)17-14-6-9(2)16-13-5-4-10(15(19)20)7-12(13)14/h4-7,11,18H,3,8H2,1-2H3,(H,16,17)(H,19,20). The molecule has 2 aromatic rings. The summed E-state index contributed by atoms with van der Waals surface area (Å²) >= 11 is 0. The molecule has 0 aliphatic carbocycles. The molecule has 0 radical (unpaired) electrons. The zero-order valence-corrected chi connectivity index (χ0v) is 11.6. The van der Waals surface area contributed by atoms with Crippen LogP contribution in [0.3, 0.4) is 0 Å². The van der Waals surface area contributed by atoms with Crippen molar-refractivity contribution in [3.8, 4) is 0 Å². The second-order valence-corrected chi connectivity index (χ2v) is 4.78. The first kappa shape index (κ1) is 14.3. The Hall–Kier alpha value is -2.14. The topological polar surface area (TPSA) is 82.5 Å². The van der Waals surface area contributed by atoms with E-state index in [2.05, 4.69) is 10.3 Å². The van der Waals surface area contributed by atoms with Gasteiger partial charge in [-0.1, -0.05) is 6.92 Å². The maximum atomic E-state index is 11.1. The molecule has 106 valence electrons. The van der Waals surface area contributed by atoms with Gasteiger partial charge in [-0.25, -0.2) is 4.79 Å². The number of aromatic nitrogens is 1. The van der Waals surface area contributed by atoms with Crippen LogP contribution < -0.4 is 5.32 Å². The molecule has 1 heterocycles. The Kier molecular flexibility index (Phi) is 4.20. The number of benzene rings is 1. The summed E-state index contributed by atoms with van der Waals surface area (Å²) in [6.07, 6.45) is 0.776. The molecule has 0 aliphatic heterocycles. The number of nitrogens with one attached hydrogen (secondary N) is 1. The summed E-state index contributed by atoms with van der Waals surface area (Å²) in [6.45, 7) is 3.89. The molecule has 0 amide bonds. The summed E-state index contributed by atoms with van der Waals surface area (Å²) < 4.78 is 0. The van der Waals surface area contributed by atoms with Gasteiger partial charge >= 0.3 is 5.97 Å². The molecule has 0 aliphatic rings. The molecule has 0 saturated heterocycles. The van der Waals surface area contributed by atoms with Crippen molar-refractivity contribution in [2.24, 2.45) is 0 Å². The van der Waals surface area contributed by atoms with Crippen molar-refractivity contribution in [2.45, 2.75) is 26.3 Å². The smallest absolute Gasteiger partial charge is 0.335 e. The van der Waals surface area contributed by atoms with Crippen LogP contribution in [0.1, 0.15) is 29.4 Å². The highest BCUT2D eigenvalue weighted by atomic mass is 16.4. The fraction of sp³-hybridized carbons (Fsp3) is 0.333. The fourth-order valence-corrected chi connectivity index (χ4v) is 2.11. The second kappa shape index (κ2) is 5.88. The second-order valence-electron chi connectivity index (χ2n) is 4.78. The SMILES string of the molecule is CCC(CO)Nc1cc(C)nc2ccc(C(=O)O)cc12. The van der Waals surface area contributed by atoms with Crippen LogP contribution in [0.2, 0.25) is 0 Å². The van der Waals surface area contributed by atoms with E-state index in [0.717, 1.165) is 28.7 Å². The Balaban J connectivity index is 2.55. The van der Waals surface area contributed by atoms with Crippen molar-refractivity contribution < 1.29 is 15.0 Å². The summed E-state index contributed by atoms with van der Waals surface area (Å²) in [5, 5.41) is 22.4. The molecule has 0 saturated carbocycles. The number of aliphatic hydroxyl groups is 1. The molecule has 1 aromatic carbocycles. The lowest BCUT2D eigenvalue weighted by Gasteiger charge is -2.17. The van der Waals surface area contributed by atoms with Crippen molar-refractivity contribution in [3.63, 3.8) is 0 Å². The first-order valence-corrected chi connectivity index (χ1v) is 6.57. The summed E-state index contributed by atoms with van der Waals surface area (Å²) in [7, 11) is 0. The number of aryl methyl sites for hydroxylation is 1. The van der Waals surface area contributed by atoms with Crippen molar-refractivity contribution in [1.29, 1.82) is 0 Å². The molecule has 1 atom stereocenters. The Morgan fingerprint density at radius 1 is 1.40 bits per heavy atom. The van der Waals surface area contributed by atoms with Gasteiger partial charge in [0, 0.05) is 22.8 Å². The van der Waals surface area contributed by atoms with Crippen LogP contribution in [-0.4, -0.2) is 33.8 Å². The summed E-state index contributed by atoms with van der Waals surface area (Å²) in [5.74, 6) is -0.965. The average molecular weight is 274 g/mol. The van der Waals surface area contributed by atoms with Gasteiger partial charge in [0.1, 0.15) is 0 Å². The molecule has 1 aromatic heterocycles. The third-order valence-electron chi connectivity index (χ3n) is 3.26. The molecule has 20 heavy (non-hydrogen) atoms. The Bertz CT molecular complexity index is 636. The normalized spacial score (nSPS) is 12.3. The van der Waals surface area contributed by atoms with Gasteiger partial charge in [0.05, 0.1) is 17.7 Å². The molecule has 5 heteroatoms. The van der Waals surface area contributed by atoms with E-state index in [-0.39, 0.29) is 18.2 Å². The number of carboxylic acid groups (broad SMARTS) is 1. The highest BCUT2D eigenvalue weighted by Gasteiger charge is 2.11. The highest BCUT2D eigenvalue weighted by Crippen LogP contribution is 2.25. The number of nitrogens with zero attached hydrogens (tertiary/aromatic N) is 1. The minimum absolute atomic E-state index is 0.0258. The number of carbonyl (C=O) groups is 1. The Labute approximate surface area is 117 Å². The van der Waals surface area contributed by atoms with E-state index >= 15 is 0 Å². The third-order valence-corrected chi connectivity index (χ3v) is 3.26. The minimum atomic E-state index is -0.965. The van der Waals surface area contributed by atoms with Crippen LogP contribution >= 0.6 is 0 Å². The molecule has 0 spiro atoms. The quantitative estimate of drug-likeness (QED) is 0.780. The molecular formula is C15H18N2O3. The first-order valence-electron chi connectivity index (χ1n) is 6.57. The lowest BCUT2D eigenvalue weighted by atomic mass is 10.1. The van der Waals surface area contributed by atoms with Gasteiger partial charge in [-0.15, -0.1) is 0 Å². The van der Waals surface area contributed by atoms with Crippen molar-refractivity contribution in [2.75, 3.05) is 11.9 Å². The van der Waals surface area contributed by atoms with E-state index < -0.39 is 5.97 Å². The van der Waals surface area contributed by atoms with Crippen LogP contribution in [0.5, 0.6) is 0 Å². The van der Waals surface area contributed by atoms with Crippen LogP contribution in [0.15, 0.2) is 24.3 Å². The number of aromatic carboxylic acids is 1. The van der Waals surface area contributed by atoms with Gasteiger partial charge in [0.2, 0.25) is 0 Å².